The summed E-state index contributed by atoms with van der Waals surface area (Å²) in [6.07, 6.45) is 4.38. The van der Waals surface area contributed by atoms with Gasteiger partial charge in [0.05, 0.1) is 18.2 Å². The molecule has 162 valence electrons. The van der Waals surface area contributed by atoms with Crippen LogP contribution in [0.3, 0.4) is 0 Å². The first-order valence-corrected chi connectivity index (χ1v) is 11.9. The van der Waals surface area contributed by atoms with Crippen LogP contribution in [0.2, 0.25) is 0 Å². The minimum atomic E-state index is -3.15. The van der Waals surface area contributed by atoms with Crippen LogP contribution in [0.5, 0.6) is 0 Å². The molecular weight excluding hydrogens is 416 g/mol. The standard InChI is InChI=1S/C22H24N4O4S/c1-31(29,30)26-9-7-19(8-10-26)24-22-23-14-18-6-5-17(13-20(18)25-22)16-4-2-3-15(11-16)12-21(27)28/h2-6,11,13-14,19H,7-10,12H2,1H3,(H,27,28)(H,23,24,25). The number of anilines is 1. The second kappa shape index (κ2) is 8.60. The Morgan fingerprint density at radius 2 is 1.90 bits per heavy atom. The van der Waals surface area contributed by atoms with Crippen molar-refractivity contribution in [3.63, 3.8) is 0 Å². The van der Waals surface area contributed by atoms with Gasteiger partial charge in [-0.3, -0.25) is 4.79 Å². The number of benzene rings is 2. The van der Waals surface area contributed by atoms with Crippen molar-refractivity contribution in [2.24, 2.45) is 0 Å². The summed E-state index contributed by atoms with van der Waals surface area (Å²) < 4.78 is 24.8. The Morgan fingerprint density at radius 1 is 1.16 bits per heavy atom. The monoisotopic (exact) mass is 440 g/mol. The van der Waals surface area contributed by atoms with Crippen LogP contribution in [0.25, 0.3) is 22.0 Å². The van der Waals surface area contributed by atoms with Crippen molar-refractivity contribution in [2.45, 2.75) is 25.3 Å². The maximum Gasteiger partial charge on any atom is 0.307 e. The second-order valence-electron chi connectivity index (χ2n) is 7.82. The predicted octanol–water partition coefficient (Wildman–Crippen LogP) is 2.76. The number of hydrogen-bond donors (Lipinski definition) is 2. The Kier molecular flexibility index (Phi) is 5.88. The summed E-state index contributed by atoms with van der Waals surface area (Å²) in [6, 6.07) is 13.5. The van der Waals surface area contributed by atoms with Crippen LogP contribution in [-0.2, 0) is 21.2 Å². The number of fused-ring (bicyclic) bond motifs is 1. The number of aliphatic carboxylic acids is 1. The molecule has 2 heterocycles. The highest BCUT2D eigenvalue weighted by atomic mass is 32.2. The quantitative estimate of drug-likeness (QED) is 0.606. The van der Waals surface area contributed by atoms with Gasteiger partial charge in [-0.2, -0.15) is 0 Å². The van der Waals surface area contributed by atoms with E-state index in [1.165, 1.54) is 10.6 Å². The van der Waals surface area contributed by atoms with Gasteiger partial charge >= 0.3 is 5.97 Å². The molecule has 0 bridgehead atoms. The molecular formula is C22H24N4O4S. The fourth-order valence-electron chi connectivity index (χ4n) is 3.82. The fourth-order valence-corrected chi connectivity index (χ4v) is 4.70. The molecule has 31 heavy (non-hydrogen) atoms. The average Bonchev–Trinajstić information content (AvgIpc) is 2.73. The molecule has 4 rings (SSSR count). The third kappa shape index (κ3) is 5.18. The number of aromatic nitrogens is 2. The summed E-state index contributed by atoms with van der Waals surface area (Å²) in [4.78, 5) is 20.0. The topological polar surface area (TPSA) is 112 Å². The van der Waals surface area contributed by atoms with E-state index in [9.17, 15) is 13.2 Å². The van der Waals surface area contributed by atoms with Crippen LogP contribution in [0.15, 0.2) is 48.7 Å². The maximum atomic E-state index is 11.7. The minimum absolute atomic E-state index is 0.0180. The summed E-state index contributed by atoms with van der Waals surface area (Å²) in [5.41, 5.74) is 3.41. The van der Waals surface area contributed by atoms with E-state index < -0.39 is 16.0 Å². The SMILES string of the molecule is CS(=O)(=O)N1CCC(Nc2ncc3ccc(-c4cccc(CC(=O)O)c4)cc3n2)CC1. The molecule has 1 fully saturated rings. The second-order valence-corrected chi connectivity index (χ2v) is 9.80. The molecule has 3 aromatic rings. The number of rotatable bonds is 6. The molecule has 1 aliphatic rings. The van der Waals surface area contributed by atoms with Crippen LogP contribution in [-0.4, -0.2) is 59.2 Å². The lowest BCUT2D eigenvalue weighted by molar-refractivity contribution is -0.136. The highest BCUT2D eigenvalue weighted by Gasteiger charge is 2.25. The van der Waals surface area contributed by atoms with Crippen molar-refractivity contribution in [1.29, 1.82) is 0 Å². The molecule has 1 aliphatic heterocycles. The van der Waals surface area contributed by atoms with Crippen molar-refractivity contribution >= 4 is 32.8 Å². The van der Waals surface area contributed by atoms with Gasteiger partial charge in [0.15, 0.2) is 0 Å². The van der Waals surface area contributed by atoms with Gasteiger partial charge in [0.25, 0.3) is 0 Å². The zero-order valence-electron chi connectivity index (χ0n) is 17.2. The van der Waals surface area contributed by atoms with Gasteiger partial charge in [0.2, 0.25) is 16.0 Å². The molecule has 0 spiro atoms. The van der Waals surface area contributed by atoms with Gasteiger partial charge in [-0.05, 0) is 35.6 Å². The molecule has 0 unspecified atom stereocenters. The normalized spacial score (nSPS) is 15.8. The van der Waals surface area contributed by atoms with Crippen LogP contribution in [0, 0.1) is 0 Å². The maximum absolute atomic E-state index is 11.7. The predicted molar refractivity (Wildman–Crippen MR) is 119 cm³/mol. The molecule has 0 amide bonds. The molecule has 1 saturated heterocycles. The number of carboxylic acids is 1. The molecule has 0 atom stereocenters. The lowest BCUT2D eigenvalue weighted by Gasteiger charge is -2.30. The van der Waals surface area contributed by atoms with Gasteiger partial charge < -0.3 is 10.4 Å². The van der Waals surface area contributed by atoms with Gasteiger partial charge in [0, 0.05) is 30.7 Å². The molecule has 1 aromatic heterocycles. The fraction of sp³-hybridized carbons (Fsp3) is 0.318. The molecule has 0 saturated carbocycles. The van der Waals surface area contributed by atoms with Crippen LogP contribution in [0.4, 0.5) is 5.95 Å². The average molecular weight is 441 g/mol. The first kappa shape index (κ1) is 21.2. The van der Waals surface area contributed by atoms with E-state index >= 15 is 0 Å². The van der Waals surface area contributed by atoms with E-state index in [1.54, 1.807) is 12.3 Å². The molecule has 8 nitrogen and oxygen atoms in total. The third-order valence-corrected chi connectivity index (χ3v) is 6.76. The number of nitrogens with zero attached hydrogens (tertiary/aromatic N) is 3. The summed E-state index contributed by atoms with van der Waals surface area (Å²) in [5.74, 6) is -0.344. The zero-order valence-corrected chi connectivity index (χ0v) is 18.0. The summed E-state index contributed by atoms with van der Waals surface area (Å²) in [5, 5.41) is 13.3. The largest absolute Gasteiger partial charge is 0.481 e. The number of nitrogens with one attached hydrogen (secondary N) is 1. The number of hydrogen-bond acceptors (Lipinski definition) is 6. The first-order chi connectivity index (χ1) is 14.8. The van der Waals surface area contributed by atoms with Crippen molar-refractivity contribution in [2.75, 3.05) is 24.7 Å². The van der Waals surface area contributed by atoms with E-state index in [4.69, 9.17) is 5.11 Å². The first-order valence-electron chi connectivity index (χ1n) is 10.1. The van der Waals surface area contributed by atoms with Gasteiger partial charge in [-0.1, -0.05) is 36.4 Å². The third-order valence-electron chi connectivity index (χ3n) is 5.45. The van der Waals surface area contributed by atoms with Gasteiger partial charge in [0.1, 0.15) is 0 Å². The van der Waals surface area contributed by atoms with E-state index in [0.29, 0.717) is 31.9 Å². The molecule has 0 radical (unpaired) electrons. The molecule has 2 N–H and O–H groups in total. The smallest absolute Gasteiger partial charge is 0.307 e. The van der Waals surface area contributed by atoms with Crippen molar-refractivity contribution in [3.8, 4) is 11.1 Å². The van der Waals surface area contributed by atoms with Crippen LogP contribution in [0.1, 0.15) is 18.4 Å². The highest BCUT2D eigenvalue weighted by molar-refractivity contribution is 7.88. The van der Waals surface area contributed by atoms with E-state index in [1.807, 2.05) is 36.4 Å². The van der Waals surface area contributed by atoms with E-state index in [0.717, 1.165) is 27.6 Å². The number of sulfonamides is 1. The number of piperidine rings is 1. The zero-order chi connectivity index (χ0) is 22.0. The summed E-state index contributed by atoms with van der Waals surface area (Å²) >= 11 is 0. The lowest BCUT2D eigenvalue weighted by atomic mass is 10.0. The summed E-state index contributed by atoms with van der Waals surface area (Å²) in [6.45, 7) is 0.974. The number of carbonyl (C=O) groups is 1. The Balaban J connectivity index is 1.52. The van der Waals surface area contributed by atoms with Crippen molar-refractivity contribution in [3.05, 3.63) is 54.2 Å². The van der Waals surface area contributed by atoms with E-state index in [2.05, 4.69) is 15.3 Å². The Morgan fingerprint density at radius 3 is 2.61 bits per heavy atom. The molecule has 2 aromatic carbocycles. The van der Waals surface area contributed by atoms with Crippen molar-refractivity contribution < 1.29 is 18.3 Å². The van der Waals surface area contributed by atoms with Crippen LogP contribution >= 0.6 is 0 Å². The molecule has 0 aliphatic carbocycles. The lowest BCUT2D eigenvalue weighted by Crippen LogP contribution is -2.42. The molecule has 9 heteroatoms. The number of carboxylic acid groups (broad SMARTS) is 1. The Labute approximate surface area is 181 Å². The van der Waals surface area contributed by atoms with Gasteiger partial charge in [-0.25, -0.2) is 22.7 Å². The summed E-state index contributed by atoms with van der Waals surface area (Å²) in [7, 11) is -3.15. The van der Waals surface area contributed by atoms with Crippen molar-refractivity contribution in [1.82, 2.24) is 14.3 Å². The highest BCUT2D eigenvalue weighted by Crippen LogP contribution is 2.25. The van der Waals surface area contributed by atoms with Gasteiger partial charge in [-0.15, -0.1) is 0 Å². The minimum Gasteiger partial charge on any atom is -0.481 e. The van der Waals surface area contributed by atoms with Crippen LogP contribution < -0.4 is 5.32 Å². The van der Waals surface area contributed by atoms with E-state index in [-0.39, 0.29) is 12.5 Å². The Hall–Kier alpha value is -3.04. The Bertz CT molecular complexity index is 1220.